The zero-order valence-electron chi connectivity index (χ0n) is 7.12. The summed E-state index contributed by atoms with van der Waals surface area (Å²) in [4.78, 5) is 0. The van der Waals surface area contributed by atoms with E-state index in [0.717, 1.165) is 0 Å². The first-order valence-electron chi connectivity index (χ1n) is 3.93. The first-order valence-corrected chi connectivity index (χ1v) is 5.26. The van der Waals surface area contributed by atoms with Crippen molar-refractivity contribution in [3.8, 4) is 0 Å². The third-order valence-corrected chi connectivity index (χ3v) is 2.73. The molecule has 0 heterocycles. The van der Waals surface area contributed by atoms with Gasteiger partial charge < -0.3 is 10.2 Å². The first-order chi connectivity index (χ1) is 6.56. The van der Waals surface area contributed by atoms with E-state index < -0.39 is 18.0 Å². The van der Waals surface area contributed by atoms with Crippen molar-refractivity contribution in [2.45, 2.75) is 12.2 Å². The molecule has 0 spiro atoms. The van der Waals surface area contributed by atoms with Gasteiger partial charge in [0.05, 0.1) is 16.5 Å². The van der Waals surface area contributed by atoms with Crippen molar-refractivity contribution in [2.24, 2.45) is 0 Å². The number of alkyl halides is 1. The highest BCUT2D eigenvalue weighted by Gasteiger charge is 2.17. The maximum Gasteiger partial charge on any atom is 0.137 e. The molecule has 0 saturated heterocycles. The van der Waals surface area contributed by atoms with Crippen molar-refractivity contribution in [1.82, 2.24) is 0 Å². The molecule has 0 aliphatic rings. The smallest absolute Gasteiger partial charge is 0.137 e. The molecule has 14 heavy (non-hydrogen) atoms. The molecule has 0 amide bonds. The quantitative estimate of drug-likeness (QED) is 0.835. The molecule has 0 fully saturated rings. The van der Waals surface area contributed by atoms with Gasteiger partial charge in [-0.15, -0.1) is 11.6 Å². The summed E-state index contributed by atoms with van der Waals surface area (Å²) in [7, 11) is 0. The van der Waals surface area contributed by atoms with Gasteiger partial charge in [0, 0.05) is 0 Å². The summed E-state index contributed by atoms with van der Waals surface area (Å²) in [5, 5.41) is 18.8. The Balaban J connectivity index is 2.91. The van der Waals surface area contributed by atoms with E-state index in [2.05, 4.69) is 15.9 Å². The van der Waals surface area contributed by atoms with Gasteiger partial charge in [-0.1, -0.05) is 6.07 Å². The molecular formula is C9H9BrClFO2. The second-order valence-corrected chi connectivity index (χ2v) is 4.00. The molecule has 1 aromatic carbocycles. The maximum atomic E-state index is 12.8. The van der Waals surface area contributed by atoms with Crippen LogP contribution in [0.1, 0.15) is 11.7 Å². The van der Waals surface area contributed by atoms with Crippen LogP contribution in [0.5, 0.6) is 0 Å². The van der Waals surface area contributed by atoms with Crippen LogP contribution in [0.2, 0.25) is 0 Å². The van der Waals surface area contributed by atoms with Crippen molar-refractivity contribution < 1.29 is 14.6 Å². The monoisotopic (exact) mass is 282 g/mol. The summed E-state index contributed by atoms with van der Waals surface area (Å²) in [5.41, 5.74) is 0.423. The van der Waals surface area contributed by atoms with E-state index in [9.17, 15) is 14.6 Å². The lowest BCUT2D eigenvalue weighted by Gasteiger charge is -2.15. The zero-order chi connectivity index (χ0) is 10.7. The minimum atomic E-state index is -1.09. The van der Waals surface area contributed by atoms with Gasteiger partial charge in [0.15, 0.2) is 0 Å². The summed E-state index contributed by atoms with van der Waals surface area (Å²) >= 11 is 8.36. The van der Waals surface area contributed by atoms with E-state index in [4.69, 9.17) is 11.6 Å². The van der Waals surface area contributed by atoms with Crippen molar-refractivity contribution in [2.75, 3.05) is 5.88 Å². The lowest BCUT2D eigenvalue weighted by molar-refractivity contribution is 0.0326. The fourth-order valence-corrected chi connectivity index (χ4v) is 1.57. The van der Waals surface area contributed by atoms with E-state index in [-0.39, 0.29) is 10.4 Å². The molecule has 1 rings (SSSR count). The van der Waals surface area contributed by atoms with E-state index in [1.165, 1.54) is 18.2 Å². The van der Waals surface area contributed by atoms with Gasteiger partial charge in [0.2, 0.25) is 0 Å². The average Bonchev–Trinajstić information content (AvgIpc) is 2.20. The van der Waals surface area contributed by atoms with Gasteiger partial charge in [-0.25, -0.2) is 4.39 Å². The van der Waals surface area contributed by atoms with Crippen LogP contribution in [0.3, 0.4) is 0 Å². The average molecular weight is 284 g/mol. The lowest BCUT2D eigenvalue weighted by atomic mass is 10.1. The number of aliphatic hydroxyl groups is 2. The van der Waals surface area contributed by atoms with Crippen LogP contribution in [-0.2, 0) is 0 Å². The third kappa shape index (κ3) is 2.67. The number of benzene rings is 1. The van der Waals surface area contributed by atoms with Crippen LogP contribution >= 0.6 is 27.5 Å². The second kappa shape index (κ2) is 5.07. The van der Waals surface area contributed by atoms with E-state index >= 15 is 0 Å². The number of hydrogen-bond donors (Lipinski definition) is 2. The Morgan fingerprint density at radius 1 is 1.43 bits per heavy atom. The Labute approximate surface area is 94.5 Å². The highest BCUT2D eigenvalue weighted by Crippen LogP contribution is 2.23. The van der Waals surface area contributed by atoms with Crippen molar-refractivity contribution in [1.29, 1.82) is 0 Å². The summed E-state index contributed by atoms with van der Waals surface area (Å²) in [5.74, 6) is -0.489. The Hall–Kier alpha value is -0.160. The number of hydrogen-bond acceptors (Lipinski definition) is 2. The molecule has 0 aliphatic heterocycles. The fraction of sp³-hybridized carbons (Fsp3) is 0.333. The molecular weight excluding hydrogens is 274 g/mol. The number of rotatable bonds is 3. The van der Waals surface area contributed by atoms with Crippen molar-refractivity contribution >= 4 is 27.5 Å². The van der Waals surface area contributed by atoms with Crippen LogP contribution in [0.15, 0.2) is 22.7 Å². The molecule has 0 saturated carbocycles. The molecule has 2 nitrogen and oxygen atoms in total. The Morgan fingerprint density at radius 2 is 2.07 bits per heavy atom. The van der Waals surface area contributed by atoms with Crippen LogP contribution in [0.25, 0.3) is 0 Å². The fourth-order valence-electron chi connectivity index (χ4n) is 1.00. The Morgan fingerprint density at radius 3 is 2.57 bits per heavy atom. The van der Waals surface area contributed by atoms with Gasteiger partial charge >= 0.3 is 0 Å². The normalized spacial score (nSPS) is 15.2. The van der Waals surface area contributed by atoms with Gasteiger partial charge in [-0.05, 0) is 33.6 Å². The molecule has 0 aliphatic carbocycles. The van der Waals surface area contributed by atoms with Crippen LogP contribution in [-0.4, -0.2) is 22.2 Å². The minimum Gasteiger partial charge on any atom is -0.389 e. The van der Waals surface area contributed by atoms with E-state index in [0.29, 0.717) is 5.56 Å². The van der Waals surface area contributed by atoms with Gasteiger partial charge in [0.1, 0.15) is 11.9 Å². The predicted molar refractivity (Wildman–Crippen MR) is 55.8 cm³/mol. The standard InChI is InChI=1S/C9H9BrClFO2/c10-6-3-5(1-2-7(6)12)9(14)8(13)4-11/h1-3,8-9,13-14H,4H2. The van der Waals surface area contributed by atoms with Crippen LogP contribution in [0, 0.1) is 5.82 Å². The predicted octanol–water partition coefficient (Wildman–Crippen LogP) is 2.22. The topological polar surface area (TPSA) is 40.5 Å². The third-order valence-electron chi connectivity index (χ3n) is 1.81. The molecule has 2 atom stereocenters. The van der Waals surface area contributed by atoms with Crippen LogP contribution < -0.4 is 0 Å². The van der Waals surface area contributed by atoms with Gasteiger partial charge in [-0.2, -0.15) is 0 Å². The molecule has 0 radical (unpaired) electrons. The van der Waals surface area contributed by atoms with E-state index in [1.54, 1.807) is 0 Å². The zero-order valence-corrected chi connectivity index (χ0v) is 9.46. The SMILES string of the molecule is OC(CCl)C(O)c1ccc(F)c(Br)c1. The minimum absolute atomic E-state index is 0.0733. The number of halogens is 3. The summed E-state index contributed by atoms with van der Waals surface area (Å²) in [6.07, 6.45) is -2.14. The molecule has 1 aromatic rings. The van der Waals surface area contributed by atoms with Crippen molar-refractivity contribution in [3.63, 3.8) is 0 Å². The first kappa shape index (κ1) is 11.9. The summed E-state index contributed by atoms with van der Waals surface area (Å²) < 4.78 is 13.1. The van der Waals surface area contributed by atoms with Gasteiger partial charge in [-0.3, -0.25) is 0 Å². The maximum absolute atomic E-state index is 12.8. The Bertz CT molecular complexity index is 322. The Kier molecular flexibility index (Phi) is 4.31. The molecule has 0 aromatic heterocycles. The highest BCUT2D eigenvalue weighted by atomic mass is 79.9. The highest BCUT2D eigenvalue weighted by molar-refractivity contribution is 9.10. The lowest BCUT2D eigenvalue weighted by Crippen LogP contribution is -2.19. The summed E-state index contributed by atoms with van der Waals surface area (Å²) in [6.45, 7) is 0. The molecule has 0 bridgehead atoms. The van der Waals surface area contributed by atoms with Crippen LogP contribution in [0.4, 0.5) is 4.39 Å². The summed E-state index contributed by atoms with van der Waals surface area (Å²) in [6, 6.07) is 4.03. The molecule has 5 heteroatoms. The van der Waals surface area contributed by atoms with Crippen molar-refractivity contribution in [3.05, 3.63) is 34.1 Å². The molecule has 2 unspecified atom stereocenters. The largest absolute Gasteiger partial charge is 0.389 e. The van der Waals surface area contributed by atoms with Gasteiger partial charge in [0.25, 0.3) is 0 Å². The van der Waals surface area contributed by atoms with E-state index in [1.807, 2.05) is 0 Å². The molecule has 2 N–H and O–H groups in total. The molecule has 78 valence electrons. The number of aliphatic hydroxyl groups excluding tert-OH is 2. The second-order valence-electron chi connectivity index (χ2n) is 2.84.